The van der Waals surface area contributed by atoms with Crippen LogP contribution in [-0.4, -0.2) is 6.54 Å². The number of nitrogens with zero attached hydrogens (tertiary/aromatic N) is 1. The lowest BCUT2D eigenvalue weighted by Crippen LogP contribution is -2.34. The van der Waals surface area contributed by atoms with E-state index in [-0.39, 0.29) is 0 Å². The summed E-state index contributed by atoms with van der Waals surface area (Å²) in [4.78, 5) is 0. The topological polar surface area (TPSA) is 35.8 Å². The van der Waals surface area contributed by atoms with Gasteiger partial charge in [0.2, 0.25) is 0 Å². The summed E-state index contributed by atoms with van der Waals surface area (Å²) in [5.74, 6) is 0. The van der Waals surface area contributed by atoms with Crippen molar-refractivity contribution in [1.82, 2.24) is 5.32 Å². The molecule has 0 spiro atoms. The molecule has 2 heteroatoms. The number of rotatable bonds is 1. The maximum atomic E-state index is 9.16. The molecular formula is C11H12N2. The van der Waals surface area contributed by atoms with Crippen LogP contribution < -0.4 is 5.32 Å². The lowest BCUT2D eigenvalue weighted by molar-refractivity contribution is 0.509. The predicted octanol–water partition coefficient (Wildman–Crippen LogP) is 1.79. The summed E-state index contributed by atoms with van der Waals surface area (Å²) in [6, 6.07) is 12.4. The van der Waals surface area contributed by atoms with Crippen molar-refractivity contribution in [2.45, 2.75) is 18.4 Å². The van der Waals surface area contributed by atoms with Crippen LogP contribution in [0.15, 0.2) is 30.3 Å². The molecule has 2 nitrogen and oxygen atoms in total. The van der Waals surface area contributed by atoms with Crippen LogP contribution >= 0.6 is 0 Å². The summed E-state index contributed by atoms with van der Waals surface area (Å²) < 4.78 is 0. The molecule has 1 saturated heterocycles. The van der Waals surface area contributed by atoms with E-state index in [0.717, 1.165) is 24.9 Å². The molecule has 0 bridgehead atoms. The molecule has 1 N–H and O–H groups in total. The van der Waals surface area contributed by atoms with Crippen molar-refractivity contribution < 1.29 is 0 Å². The number of hydrogen-bond acceptors (Lipinski definition) is 2. The molecule has 0 aliphatic carbocycles. The van der Waals surface area contributed by atoms with E-state index >= 15 is 0 Å². The van der Waals surface area contributed by atoms with Gasteiger partial charge in [-0.05, 0) is 24.9 Å². The molecular weight excluding hydrogens is 160 g/mol. The molecule has 0 saturated carbocycles. The van der Waals surface area contributed by atoms with Crippen LogP contribution in [0.3, 0.4) is 0 Å². The Morgan fingerprint density at radius 2 is 2.08 bits per heavy atom. The molecule has 0 amide bonds. The standard InChI is InChI=1S/C11H12N2/c12-9-11(7-4-8-13-11)10-5-2-1-3-6-10/h1-3,5-6,13H,4,7-8H2. The minimum absolute atomic E-state index is 0.415. The Balaban J connectivity index is 2.38. The van der Waals surface area contributed by atoms with Gasteiger partial charge in [0, 0.05) is 0 Å². The third-order valence-electron chi connectivity index (χ3n) is 2.61. The molecule has 0 aromatic heterocycles. The van der Waals surface area contributed by atoms with Crippen molar-refractivity contribution in [2.24, 2.45) is 0 Å². The Hall–Kier alpha value is -1.33. The molecule has 1 heterocycles. The van der Waals surface area contributed by atoms with Crippen molar-refractivity contribution in [2.75, 3.05) is 6.54 Å². The van der Waals surface area contributed by atoms with Crippen LogP contribution in [0.5, 0.6) is 0 Å². The SMILES string of the molecule is N#CC1(c2ccccc2)CCCN1. The fraction of sp³-hybridized carbons (Fsp3) is 0.364. The average Bonchev–Trinajstić information content (AvgIpc) is 2.69. The van der Waals surface area contributed by atoms with Gasteiger partial charge in [-0.15, -0.1) is 0 Å². The van der Waals surface area contributed by atoms with Gasteiger partial charge in [-0.2, -0.15) is 5.26 Å². The van der Waals surface area contributed by atoms with Crippen LogP contribution in [-0.2, 0) is 5.54 Å². The van der Waals surface area contributed by atoms with E-state index in [1.807, 2.05) is 30.3 Å². The second-order valence-corrected chi connectivity index (χ2v) is 3.41. The highest BCUT2D eigenvalue weighted by Gasteiger charge is 2.34. The fourth-order valence-corrected chi connectivity index (χ4v) is 1.87. The largest absolute Gasteiger partial charge is 0.296 e. The summed E-state index contributed by atoms with van der Waals surface area (Å²) in [5.41, 5.74) is 0.677. The Labute approximate surface area is 78.2 Å². The van der Waals surface area contributed by atoms with Crippen molar-refractivity contribution in [1.29, 1.82) is 5.26 Å². The summed E-state index contributed by atoms with van der Waals surface area (Å²) in [5, 5.41) is 12.4. The van der Waals surface area contributed by atoms with Crippen molar-refractivity contribution in [3.8, 4) is 6.07 Å². The van der Waals surface area contributed by atoms with Crippen molar-refractivity contribution >= 4 is 0 Å². The predicted molar refractivity (Wildman–Crippen MR) is 51.0 cm³/mol. The second-order valence-electron chi connectivity index (χ2n) is 3.41. The van der Waals surface area contributed by atoms with Crippen molar-refractivity contribution in [3.63, 3.8) is 0 Å². The lowest BCUT2D eigenvalue weighted by Gasteiger charge is -2.21. The Morgan fingerprint density at radius 1 is 1.31 bits per heavy atom. The normalized spacial score (nSPS) is 27.0. The van der Waals surface area contributed by atoms with E-state index < -0.39 is 5.54 Å². The monoisotopic (exact) mass is 172 g/mol. The molecule has 13 heavy (non-hydrogen) atoms. The molecule has 1 atom stereocenters. The van der Waals surface area contributed by atoms with Gasteiger partial charge in [0.25, 0.3) is 0 Å². The molecule has 1 unspecified atom stereocenters. The molecule has 2 rings (SSSR count). The first-order valence-electron chi connectivity index (χ1n) is 4.59. The first kappa shape index (κ1) is 8.28. The summed E-state index contributed by atoms with van der Waals surface area (Å²) in [6.07, 6.45) is 2.01. The van der Waals surface area contributed by atoms with Crippen LogP contribution in [0.25, 0.3) is 0 Å². The summed E-state index contributed by atoms with van der Waals surface area (Å²) in [7, 11) is 0. The van der Waals surface area contributed by atoms with Crippen molar-refractivity contribution in [3.05, 3.63) is 35.9 Å². The smallest absolute Gasteiger partial charge is 0.132 e. The van der Waals surface area contributed by atoms with E-state index in [1.54, 1.807) is 0 Å². The third-order valence-corrected chi connectivity index (χ3v) is 2.61. The summed E-state index contributed by atoms with van der Waals surface area (Å²) in [6.45, 7) is 0.947. The fourth-order valence-electron chi connectivity index (χ4n) is 1.87. The lowest BCUT2D eigenvalue weighted by atomic mass is 9.90. The van der Waals surface area contributed by atoms with E-state index in [2.05, 4.69) is 11.4 Å². The van der Waals surface area contributed by atoms with Gasteiger partial charge in [-0.25, -0.2) is 0 Å². The maximum Gasteiger partial charge on any atom is 0.132 e. The van der Waals surface area contributed by atoms with Gasteiger partial charge in [-0.3, -0.25) is 5.32 Å². The quantitative estimate of drug-likeness (QED) is 0.701. The van der Waals surface area contributed by atoms with Crippen LogP contribution in [0, 0.1) is 11.3 Å². The van der Waals surface area contributed by atoms with Gasteiger partial charge in [-0.1, -0.05) is 30.3 Å². The zero-order valence-corrected chi connectivity index (χ0v) is 7.46. The first-order chi connectivity index (χ1) is 6.37. The summed E-state index contributed by atoms with van der Waals surface area (Å²) >= 11 is 0. The Kier molecular flexibility index (Phi) is 2.03. The number of nitriles is 1. The first-order valence-corrected chi connectivity index (χ1v) is 4.59. The number of nitrogens with one attached hydrogen (secondary N) is 1. The number of hydrogen-bond donors (Lipinski definition) is 1. The molecule has 66 valence electrons. The molecule has 1 aliphatic rings. The second kappa shape index (κ2) is 3.20. The Bertz CT molecular complexity index is 318. The van der Waals surface area contributed by atoms with E-state index in [1.165, 1.54) is 0 Å². The van der Waals surface area contributed by atoms with Crippen LogP contribution in [0.2, 0.25) is 0 Å². The van der Waals surface area contributed by atoms with E-state index in [9.17, 15) is 0 Å². The molecule has 0 radical (unpaired) electrons. The average molecular weight is 172 g/mol. The molecule has 1 fully saturated rings. The van der Waals surface area contributed by atoms with Gasteiger partial charge in [0.15, 0.2) is 0 Å². The third kappa shape index (κ3) is 1.32. The molecule has 1 aliphatic heterocycles. The minimum atomic E-state index is -0.415. The van der Waals surface area contributed by atoms with E-state index in [0.29, 0.717) is 0 Å². The van der Waals surface area contributed by atoms with Gasteiger partial charge in [0.1, 0.15) is 5.54 Å². The zero-order valence-electron chi connectivity index (χ0n) is 7.46. The van der Waals surface area contributed by atoms with E-state index in [4.69, 9.17) is 5.26 Å². The van der Waals surface area contributed by atoms with Gasteiger partial charge in [0.05, 0.1) is 6.07 Å². The van der Waals surface area contributed by atoms with Crippen LogP contribution in [0.1, 0.15) is 18.4 Å². The Morgan fingerprint density at radius 3 is 2.62 bits per heavy atom. The highest BCUT2D eigenvalue weighted by molar-refractivity contribution is 5.32. The highest BCUT2D eigenvalue weighted by atomic mass is 15.0. The van der Waals surface area contributed by atoms with Gasteiger partial charge >= 0.3 is 0 Å². The maximum absolute atomic E-state index is 9.16. The van der Waals surface area contributed by atoms with Gasteiger partial charge < -0.3 is 0 Å². The highest BCUT2D eigenvalue weighted by Crippen LogP contribution is 2.29. The minimum Gasteiger partial charge on any atom is -0.296 e. The van der Waals surface area contributed by atoms with Crippen LogP contribution in [0.4, 0.5) is 0 Å². The molecule has 1 aromatic carbocycles. The number of benzene rings is 1. The molecule has 1 aromatic rings. The zero-order chi connectivity index (χ0) is 9.15.